The van der Waals surface area contributed by atoms with Crippen LogP contribution in [0.4, 0.5) is 11.5 Å². The van der Waals surface area contributed by atoms with Gasteiger partial charge in [-0.2, -0.15) is 0 Å². The van der Waals surface area contributed by atoms with Crippen LogP contribution in [0.25, 0.3) is 0 Å². The molecule has 1 aromatic carbocycles. The first-order chi connectivity index (χ1) is 10.0. The van der Waals surface area contributed by atoms with Gasteiger partial charge in [-0.1, -0.05) is 6.92 Å². The van der Waals surface area contributed by atoms with E-state index in [2.05, 4.69) is 4.98 Å². The van der Waals surface area contributed by atoms with Crippen LogP contribution in [0, 0.1) is 0 Å². The number of benzene rings is 1. The molecule has 1 heterocycles. The molecule has 0 aliphatic rings. The van der Waals surface area contributed by atoms with Crippen molar-refractivity contribution in [1.82, 2.24) is 9.55 Å². The van der Waals surface area contributed by atoms with Crippen LogP contribution >= 0.6 is 0 Å². The summed E-state index contributed by atoms with van der Waals surface area (Å²) in [5.41, 5.74) is 0.750. The van der Waals surface area contributed by atoms with Gasteiger partial charge in [-0.3, -0.25) is 4.79 Å². The van der Waals surface area contributed by atoms with Crippen LogP contribution < -0.4 is 10.5 Å². The molecule has 1 aromatic heterocycles. The molecule has 6 heteroatoms. The van der Waals surface area contributed by atoms with Gasteiger partial charge < -0.3 is 14.6 Å². The van der Waals surface area contributed by atoms with E-state index in [-0.39, 0.29) is 11.1 Å². The van der Waals surface area contributed by atoms with Gasteiger partial charge in [0.05, 0.1) is 5.56 Å². The predicted molar refractivity (Wildman–Crippen MR) is 80.3 cm³/mol. The lowest BCUT2D eigenvalue weighted by Crippen LogP contribution is -2.27. The van der Waals surface area contributed by atoms with Crippen LogP contribution in [-0.4, -0.2) is 27.7 Å². The number of aromatic carboxylic acids is 1. The van der Waals surface area contributed by atoms with E-state index >= 15 is 0 Å². The number of carbonyl (C=O) groups is 1. The number of aryl methyl sites for hydroxylation is 1. The van der Waals surface area contributed by atoms with Crippen LogP contribution in [0.5, 0.6) is 0 Å². The van der Waals surface area contributed by atoms with Gasteiger partial charge in [0, 0.05) is 31.7 Å². The topological polar surface area (TPSA) is 75.4 Å². The minimum absolute atomic E-state index is 0.163. The summed E-state index contributed by atoms with van der Waals surface area (Å²) in [4.78, 5) is 28.9. The van der Waals surface area contributed by atoms with Crippen molar-refractivity contribution < 1.29 is 9.90 Å². The summed E-state index contributed by atoms with van der Waals surface area (Å²) < 4.78 is 1.62. The fourth-order valence-electron chi connectivity index (χ4n) is 2.03. The standard InChI is InChI=1S/C15H17N3O3/c1-3-9-18-10-8-16-13(14(18)19)17(2)12-6-4-11(5-7-12)15(20)21/h4-8,10H,3,9H2,1-2H3,(H,20,21). The Kier molecular flexibility index (Phi) is 4.37. The molecule has 2 rings (SSSR count). The third kappa shape index (κ3) is 3.10. The maximum Gasteiger partial charge on any atom is 0.335 e. The first kappa shape index (κ1) is 14.8. The Labute approximate surface area is 122 Å². The average Bonchev–Trinajstić information content (AvgIpc) is 2.49. The molecule has 0 aliphatic carbocycles. The maximum absolute atomic E-state index is 12.3. The van der Waals surface area contributed by atoms with E-state index in [1.165, 1.54) is 12.1 Å². The minimum atomic E-state index is -0.979. The number of carboxylic acid groups (broad SMARTS) is 1. The van der Waals surface area contributed by atoms with Crippen molar-refractivity contribution in [3.05, 3.63) is 52.6 Å². The third-order valence-corrected chi connectivity index (χ3v) is 3.18. The number of hydrogen-bond acceptors (Lipinski definition) is 4. The van der Waals surface area contributed by atoms with Gasteiger partial charge in [0.15, 0.2) is 5.82 Å². The Morgan fingerprint density at radius 3 is 2.57 bits per heavy atom. The van der Waals surface area contributed by atoms with E-state index in [1.807, 2.05) is 6.92 Å². The summed E-state index contributed by atoms with van der Waals surface area (Å²) in [6.45, 7) is 2.64. The summed E-state index contributed by atoms with van der Waals surface area (Å²) in [7, 11) is 1.73. The van der Waals surface area contributed by atoms with Gasteiger partial charge in [0.1, 0.15) is 0 Å². The average molecular weight is 287 g/mol. The maximum atomic E-state index is 12.3. The molecule has 1 N–H and O–H groups in total. The quantitative estimate of drug-likeness (QED) is 0.911. The summed E-state index contributed by atoms with van der Waals surface area (Å²) in [6, 6.07) is 6.31. The van der Waals surface area contributed by atoms with Crippen LogP contribution in [0.1, 0.15) is 23.7 Å². The molecule has 0 spiro atoms. The van der Waals surface area contributed by atoms with Gasteiger partial charge in [0.2, 0.25) is 0 Å². The fraction of sp³-hybridized carbons (Fsp3) is 0.267. The molecule has 0 amide bonds. The van der Waals surface area contributed by atoms with E-state index in [4.69, 9.17) is 5.11 Å². The normalized spacial score (nSPS) is 10.4. The lowest BCUT2D eigenvalue weighted by atomic mass is 10.2. The van der Waals surface area contributed by atoms with Crippen LogP contribution in [0.3, 0.4) is 0 Å². The number of nitrogens with zero attached hydrogens (tertiary/aromatic N) is 3. The Morgan fingerprint density at radius 1 is 1.33 bits per heavy atom. The zero-order valence-corrected chi connectivity index (χ0v) is 12.0. The highest BCUT2D eigenvalue weighted by molar-refractivity contribution is 5.88. The Hall–Kier alpha value is -2.63. The molecule has 0 fully saturated rings. The van der Waals surface area contributed by atoms with Crippen LogP contribution in [0.15, 0.2) is 41.5 Å². The van der Waals surface area contributed by atoms with Crippen molar-refractivity contribution in [2.45, 2.75) is 19.9 Å². The van der Waals surface area contributed by atoms with E-state index in [1.54, 1.807) is 41.0 Å². The molecule has 0 bridgehead atoms. The van der Waals surface area contributed by atoms with Crippen molar-refractivity contribution >= 4 is 17.5 Å². The monoisotopic (exact) mass is 287 g/mol. The van der Waals surface area contributed by atoms with Crippen molar-refractivity contribution in [3.8, 4) is 0 Å². The van der Waals surface area contributed by atoms with E-state index in [9.17, 15) is 9.59 Å². The van der Waals surface area contributed by atoms with Crippen LogP contribution in [0.2, 0.25) is 0 Å². The highest BCUT2D eigenvalue weighted by atomic mass is 16.4. The summed E-state index contributed by atoms with van der Waals surface area (Å²) in [5, 5.41) is 8.89. The summed E-state index contributed by atoms with van der Waals surface area (Å²) >= 11 is 0. The highest BCUT2D eigenvalue weighted by Crippen LogP contribution is 2.19. The van der Waals surface area contributed by atoms with Crippen molar-refractivity contribution in [2.75, 3.05) is 11.9 Å². The Balaban J connectivity index is 2.35. The first-order valence-electron chi connectivity index (χ1n) is 6.67. The van der Waals surface area contributed by atoms with Crippen molar-refractivity contribution in [2.24, 2.45) is 0 Å². The SMILES string of the molecule is CCCn1ccnc(N(C)c2ccc(C(=O)O)cc2)c1=O. The lowest BCUT2D eigenvalue weighted by Gasteiger charge is -2.18. The summed E-state index contributed by atoms with van der Waals surface area (Å²) in [5.74, 6) is -0.665. The van der Waals surface area contributed by atoms with E-state index < -0.39 is 5.97 Å². The predicted octanol–water partition coefficient (Wildman–Crippen LogP) is 2.12. The number of carboxylic acids is 1. The van der Waals surface area contributed by atoms with Gasteiger partial charge in [0.25, 0.3) is 5.56 Å². The zero-order valence-electron chi connectivity index (χ0n) is 12.0. The molecule has 2 aromatic rings. The number of rotatable bonds is 5. The van der Waals surface area contributed by atoms with Crippen LogP contribution in [-0.2, 0) is 6.54 Å². The molecule has 0 aliphatic heterocycles. The number of anilines is 2. The molecule has 0 unspecified atom stereocenters. The van der Waals surface area contributed by atoms with Gasteiger partial charge in [-0.25, -0.2) is 9.78 Å². The smallest absolute Gasteiger partial charge is 0.335 e. The Morgan fingerprint density at radius 2 is 2.00 bits per heavy atom. The zero-order chi connectivity index (χ0) is 15.4. The van der Waals surface area contributed by atoms with E-state index in [0.717, 1.165) is 6.42 Å². The van der Waals surface area contributed by atoms with Gasteiger partial charge >= 0.3 is 5.97 Å². The molecule has 0 saturated heterocycles. The Bertz CT molecular complexity index is 692. The number of aromatic nitrogens is 2. The van der Waals surface area contributed by atoms with Crippen molar-refractivity contribution in [3.63, 3.8) is 0 Å². The minimum Gasteiger partial charge on any atom is -0.478 e. The molecular formula is C15H17N3O3. The molecule has 0 atom stereocenters. The molecule has 21 heavy (non-hydrogen) atoms. The second-order valence-electron chi connectivity index (χ2n) is 4.66. The molecule has 0 radical (unpaired) electrons. The van der Waals surface area contributed by atoms with Gasteiger partial charge in [-0.05, 0) is 30.7 Å². The number of hydrogen-bond donors (Lipinski definition) is 1. The molecular weight excluding hydrogens is 270 g/mol. The fourth-order valence-corrected chi connectivity index (χ4v) is 2.03. The second-order valence-corrected chi connectivity index (χ2v) is 4.66. The second kappa shape index (κ2) is 6.21. The van der Waals surface area contributed by atoms with Gasteiger partial charge in [-0.15, -0.1) is 0 Å². The van der Waals surface area contributed by atoms with Crippen molar-refractivity contribution in [1.29, 1.82) is 0 Å². The lowest BCUT2D eigenvalue weighted by molar-refractivity contribution is 0.0697. The largest absolute Gasteiger partial charge is 0.478 e. The first-order valence-corrected chi connectivity index (χ1v) is 6.67. The summed E-state index contributed by atoms with van der Waals surface area (Å²) in [6.07, 6.45) is 4.12. The molecule has 6 nitrogen and oxygen atoms in total. The highest BCUT2D eigenvalue weighted by Gasteiger charge is 2.12. The molecule has 0 saturated carbocycles. The molecule has 110 valence electrons. The van der Waals surface area contributed by atoms with E-state index in [0.29, 0.717) is 18.1 Å². The third-order valence-electron chi connectivity index (χ3n) is 3.18.